The summed E-state index contributed by atoms with van der Waals surface area (Å²) in [6, 6.07) is 0. The van der Waals surface area contributed by atoms with E-state index in [-0.39, 0.29) is 0 Å². The quantitative estimate of drug-likeness (QED) is 0.516. The van der Waals surface area contributed by atoms with Gasteiger partial charge in [0, 0.05) is 18.7 Å². The van der Waals surface area contributed by atoms with E-state index in [9.17, 15) is 0 Å². The molecule has 0 aromatic rings. The van der Waals surface area contributed by atoms with E-state index in [1.165, 1.54) is 63.5 Å². The van der Waals surface area contributed by atoms with Crippen molar-refractivity contribution in [2.45, 2.75) is 85.0 Å². The molecule has 0 aliphatic heterocycles. The molecule has 7 unspecified atom stereocenters. The van der Waals surface area contributed by atoms with E-state index in [2.05, 4.69) is 25.8 Å². The van der Waals surface area contributed by atoms with Crippen LogP contribution in [0, 0.1) is 40.4 Å². The first-order valence-corrected chi connectivity index (χ1v) is 10.4. The van der Waals surface area contributed by atoms with Crippen LogP contribution in [0.5, 0.6) is 0 Å². The molecule has 0 spiro atoms. The molecule has 4 rings (SSSR count). The van der Waals surface area contributed by atoms with Gasteiger partial charge >= 0.3 is 0 Å². The summed E-state index contributed by atoms with van der Waals surface area (Å²) >= 11 is 0. The van der Waals surface area contributed by atoms with Gasteiger partial charge in [0.25, 0.3) is 0 Å². The van der Waals surface area contributed by atoms with Gasteiger partial charge in [0.1, 0.15) is 0 Å². The molecule has 0 N–H and O–H groups in total. The van der Waals surface area contributed by atoms with E-state index in [4.69, 9.17) is 0 Å². The molecule has 4 aliphatic rings. The van der Waals surface area contributed by atoms with Crippen LogP contribution in [0.1, 0.15) is 85.0 Å². The van der Waals surface area contributed by atoms with Crippen molar-refractivity contribution in [3.8, 4) is 0 Å². The van der Waals surface area contributed by atoms with Gasteiger partial charge in [-0.2, -0.15) is 0 Å². The number of hydrogen-bond acceptors (Lipinski definition) is 1. The minimum atomic E-state index is 0.558. The van der Waals surface area contributed by atoms with Crippen LogP contribution in [0.3, 0.4) is 0 Å². The van der Waals surface area contributed by atoms with Crippen LogP contribution in [0.4, 0.5) is 0 Å². The lowest BCUT2D eigenvalue weighted by molar-refractivity contribution is -0.106. The van der Waals surface area contributed by atoms with E-state index < -0.39 is 0 Å². The highest BCUT2D eigenvalue weighted by atomic mass is 14.7. The van der Waals surface area contributed by atoms with Crippen molar-refractivity contribution in [3.05, 3.63) is 0 Å². The van der Waals surface area contributed by atoms with Crippen LogP contribution < -0.4 is 0 Å². The fraction of sp³-hybridized carbons (Fsp3) is 0.955. The number of rotatable bonds is 1. The molecule has 4 aliphatic carbocycles. The summed E-state index contributed by atoms with van der Waals surface area (Å²) in [6.07, 6.45) is 15.0. The van der Waals surface area contributed by atoms with Crippen molar-refractivity contribution in [1.29, 1.82) is 0 Å². The Labute approximate surface area is 143 Å². The second kappa shape index (κ2) is 5.60. The van der Waals surface area contributed by atoms with Crippen molar-refractivity contribution in [2.75, 3.05) is 7.05 Å². The molecule has 0 saturated heterocycles. The summed E-state index contributed by atoms with van der Waals surface area (Å²) in [6.45, 7) is 7.63. The number of hydrogen-bond donors (Lipinski definition) is 0. The minimum absolute atomic E-state index is 0.558. The molecule has 0 amide bonds. The van der Waals surface area contributed by atoms with Crippen molar-refractivity contribution >= 4 is 5.71 Å². The topological polar surface area (TPSA) is 12.4 Å². The summed E-state index contributed by atoms with van der Waals surface area (Å²) in [5, 5.41) is 0. The Balaban J connectivity index is 1.62. The largest absolute Gasteiger partial charge is 0.297 e. The van der Waals surface area contributed by atoms with Gasteiger partial charge in [-0.1, -0.05) is 26.7 Å². The maximum absolute atomic E-state index is 4.61. The Hall–Kier alpha value is -0.330. The second-order valence-electron chi connectivity index (χ2n) is 9.94. The highest BCUT2D eigenvalue weighted by molar-refractivity contribution is 5.85. The van der Waals surface area contributed by atoms with Gasteiger partial charge in [-0.15, -0.1) is 0 Å². The van der Waals surface area contributed by atoms with Crippen LogP contribution in [-0.2, 0) is 0 Å². The van der Waals surface area contributed by atoms with Gasteiger partial charge in [-0.25, -0.2) is 0 Å². The first kappa shape index (κ1) is 16.2. The predicted octanol–water partition coefficient (Wildman–Crippen LogP) is 6.13. The lowest BCUT2D eigenvalue weighted by Gasteiger charge is -2.60. The summed E-state index contributed by atoms with van der Waals surface area (Å²) < 4.78 is 0. The number of aliphatic imine (C=N–C) groups is 1. The van der Waals surface area contributed by atoms with E-state index >= 15 is 0 Å². The zero-order chi connectivity index (χ0) is 16.2. The Bertz CT molecular complexity index is 494. The molecule has 0 aromatic heterocycles. The maximum Gasteiger partial charge on any atom is 0.0276 e. The van der Waals surface area contributed by atoms with Gasteiger partial charge < -0.3 is 0 Å². The summed E-state index contributed by atoms with van der Waals surface area (Å²) in [4.78, 5) is 4.61. The number of nitrogens with zero attached hydrogens (tertiary/aromatic N) is 1. The maximum atomic E-state index is 4.61. The highest BCUT2D eigenvalue weighted by Crippen LogP contribution is 2.67. The van der Waals surface area contributed by atoms with Gasteiger partial charge in [-0.3, -0.25) is 4.99 Å². The zero-order valence-electron chi connectivity index (χ0n) is 15.9. The SMILES string of the molecule is CN=C(C)C1CCC2C3CCC4CCCCC4(C)C3CCC12C. The normalized spacial score (nSPS) is 53.4. The van der Waals surface area contributed by atoms with Crippen LogP contribution in [-0.4, -0.2) is 12.8 Å². The zero-order valence-corrected chi connectivity index (χ0v) is 15.9. The van der Waals surface area contributed by atoms with Gasteiger partial charge in [0.05, 0.1) is 0 Å². The minimum Gasteiger partial charge on any atom is -0.297 e. The van der Waals surface area contributed by atoms with Gasteiger partial charge in [-0.05, 0) is 92.8 Å². The molecule has 130 valence electrons. The van der Waals surface area contributed by atoms with Crippen molar-refractivity contribution in [1.82, 2.24) is 0 Å². The average Bonchev–Trinajstić information content (AvgIpc) is 2.91. The molecule has 23 heavy (non-hydrogen) atoms. The predicted molar refractivity (Wildman–Crippen MR) is 98.9 cm³/mol. The lowest BCUT2D eigenvalue weighted by atomic mass is 9.45. The first-order chi connectivity index (χ1) is 11.0. The smallest absolute Gasteiger partial charge is 0.0276 e. The third-order valence-electron chi connectivity index (χ3n) is 9.44. The molecule has 1 nitrogen and oxygen atoms in total. The van der Waals surface area contributed by atoms with Crippen LogP contribution in [0.25, 0.3) is 0 Å². The molecule has 0 heterocycles. The average molecular weight is 316 g/mol. The highest BCUT2D eigenvalue weighted by Gasteiger charge is 2.59. The van der Waals surface area contributed by atoms with Crippen LogP contribution >= 0.6 is 0 Å². The third-order valence-corrected chi connectivity index (χ3v) is 9.44. The molecule has 0 radical (unpaired) electrons. The molecular weight excluding hydrogens is 278 g/mol. The van der Waals surface area contributed by atoms with Crippen molar-refractivity contribution in [3.63, 3.8) is 0 Å². The van der Waals surface area contributed by atoms with E-state index in [1.54, 1.807) is 6.42 Å². The first-order valence-electron chi connectivity index (χ1n) is 10.4. The van der Waals surface area contributed by atoms with E-state index in [0.717, 1.165) is 29.6 Å². The standard InChI is InChI=1S/C22H37N/c1-15(23-4)18-10-11-19-17-9-8-16-7-5-6-13-21(16,2)20(17)12-14-22(18,19)3/h16-20H,5-14H2,1-4H3. The summed E-state index contributed by atoms with van der Waals surface area (Å²) in [5.74, 6) is 4.89. The Morgan fingerprint density at radius 2 is 1.61 bits per heavy atom. The monoisotopic (exact) mass is 315 g/mol. The Morgan fingerprint density at radius 3 is 2.39 bits per heavy atom. The molecule has 4 fully saturated rings. The Morgan fingerprint density at radius 1 is 0.826 bits per heavy atom. The van der Waals surface area contributed by atoms with Crippen LogP contribution in [0.15, 0.2) is 4.99 Å². The molecule has 0 aromatic carbocycles. The fourth-order valence-corrected chi connectivity index (χ4v) is 8.14. The second-order valence-corrected chi connectivity index (χ2v) is 9.94. The molecule has 4 saturated carbocycles. The van der Waals surface area contributed by atoms with Gasteiger partial charge in [0.15, 0.2) is 0 Å². The van der Waals surface area contributed by atoms with Crippen molar-refractivity contribution < 1.29 is 0 Å². The van der Waals surface area contributed by atoms with E-state index in [1.807, 2.05) is 7.05 Å². The Kier molecular flexibility index (Phi) is 3.93. The lowest BCUT2D eigenvalue weighted by Crippen LogP contribution is -2.53. The molecule has 1 heteroatoms. The van der Waals surface area contributed by atoms with Crippen molar-refractivity contribution in [2.24, 2.45) is 45.4 Å². The van der Waals surface area contributed by atoms with Crippen LogP contribution in [0.2, 0.25) is 0 Å². The molecule has 0 bridgehead atoms. The summed E-state index contributed by atoms with van der Waals surface area (Å²) in [5.41, 5.74) is 2.68. The number of fused-ring (bicyclic) bond motifs is 5. The molecular formula is C22H37N. The molecule has 7 atom stereocenters. The summed E-state index contributed by atoms with van der Waals surface area (Å²) in [7, 11) is 2.01. The van der Waals surface area contributed by atoms with E-state index in [0.29, 0.717) is 10.8 Å². The van der Waals surface area contributed by atoms with Gasteiger partial charge in [0.2, 0.25) is 0 Å². The third kappa shape index (κ3) is 2.20. The fourth-order valence-electron chi connectivity index (χ4n) is 8.14.